The molecule has 5 heteroatoms. The maximum Gasteiger partial charge on any atom is 0.223 e. The van der Waals surface area contributed by atoms with Crippen LogP contribution in [0.25, 0.3) is 0 Å². The number of aromatic nitrogens is 1. The van der Waals surface area contributed by atoms with E-state index >= 15 is 0 Å². The fourth-order valence-corrected chi connectivity index (χ4v) is 4.18. The van der Waals surface area contributed by atoms with E-state index in [0.29, 0.717) is 24.8 Å². The van der Waals surface area contributed by atoms with Gasteiger partial charge in [-0.05, 0) is 60.7 Å². The number of nitrogens with zero attached hydrogens (tertiary/aromatic N) is 2. The van der Waals surface area contributed by atoms with Crippen LogP contribution < -0.4 is 4.74 Å². The van der Waals surface area contributed by atoms with Crippen LogP contribution in [0.4, 0.5) is 4.39 Å². The molecule has 1 aliphatic heterocycles. The Kier molecular flexibility index (Phi) is 6.60. The van der Waals surface area contributed by atoms with Crippen molar-refractivity contribution in [3.8, 4) is 5.75 Å². The van der Waals surface area contributed by atoms with E-state index in [1.165, 1.54) is 6.07 Å². The lowest BCUT2D eigenvalue weighted by Gasteiger charge is -2.25. The highest BCUT2D eigenvalue weighted by Crippen LogP contribution is 2.32. The number of hydrogen-bond acceptors (Lipinski definition) is 3. The average molecular weight is 419 g/mol. The number of aryl methyl sites for hydroxylation is 1. The average Bonchev–Trinajstić information content (AvgIpc) is 3.30. The number of rotatable bonds is 7. The first-order chi connectivity index (χ1) is 15.1. The van der Waals surface area contributed by atoms with Crippen LogP contribution in [0.2, 0.25) is 0 Å². The minimum Gasteiger partial charge on any atom is -0.497 e. The molecule has 4 nitrogen and oxygen atoms in total. The first kappa shape index (κ1) is 21.0. The van der Waals surface area contributed by atoms with Crippen LogP contribution in [-0.4, -0.2) is 29.4 Å². The van der Waals surface area contributed by atoms with Gasteiger partial charge in [0.05, 0.1) is 18.8 Å². The van der Waals surface area contributed by atoms with E-state index in [4.69, 9.17) is 9.72 Å². The number of carbonyl (C=O) groups excluding carboxylic acids is 1. The van der Waals surface area contributed by atoms with Gasteiger partial charge in [0.25, 0.3) is 0 Å². The van der Waals surface area contributed by atoms with E-state index in [2.05, 4.69) is 0 Å². The first-order valence-electron chi connectivity index (χ1n) is 10.8. The van der Waals surface area contributed by atoms with Crippen LogP contribution in [0.5, 0.6) is 5.75 Å². The van der Waals surface area contributed by atoms with Gasteiger partial charge < -0.3 is 9.64 Å². The highest BCUT2D eigenvalue weighted by molar-refractivity contribution is 5.77. The van der Waals surface area contributed by atoms with Crippen molar-refractivity contribution < 1.29 is 13.9 Å². The molecular formula is C26H27FN2O2. The molecule has 0 N–H and O–H groups in total. The molecular weight excluding hydrogens is 391 g/mol. The Bertz CT molecular complexity index is 1040. The monoisotopic (exact) mass is 418 g/mol. The van der Waals surface area contributed by atoms with Crippen LogP contribution in [0.1, 0.15) is 47.8 Å². The Labute approximate surface area is 182 Å². The molecule has 2 heterocycles. The van der Waals surface area contributed by atoms with Gasteiger partial charge in [0.1, 0.15) is 11.6 Å². The summed E-state index contributed by atoms with van der Waals surface area (Å²) in [4.78, 5) is 19.7. The summed E-state index contributed by atoms with van der Waals surface area (Å²) >= 11 is 0. The number of benzene rings is 2. The number of halogens is 1. The van der Waals surface area contributed by atoms with E-state index in [0.717, 1.165) is 42.1 Å². The summed E-state index contributed by atoms with van der Waals surface area (Å²) in [6.07, 6.45) is 3.49. The first-order valence-corrected chi connectivity index (χ1v) is 10.8. The lowest BCUT2D eigenvalue weighted by Crippen LogP contribution is -2.31. The number of methoxy groups -OCH3 is 1. The molecule has 31 heavy (non-hydrogen) atoms. The maximum absolute atomic E-state index is 14.0. The third-order valence-corrected chi connectivity index (χ3v) is 5.86. The van der Waals surface area contributed by atoms with Crippen molar-refractivity contribution in [2.75, 3.05) is 13.7 Å². The molecule has 1 amide bonds. The largest absolute Gasteiger partial charge is 0.497 e. The van der Waals surface area contributed by atoms with Crippen molar-refractivity contribution in [3.05, 3.63) is 95.1 Å². The summed E-state index contributed by atoms with van der Waals surface area (Å²) in [6.45, 7) is 0.755. The van der Waals surface area contributed by atoms with E-state index < -0.39 is 0 Å². The van der Waals surface area contributed by atoms with E-state index in [1.807, 2.05) is 53.4 Å². The molecule has 0 saturated carbocycles. The maximum atomic E-state index is 14.0. The molecule has 1 fully saturated rings. The second-order valence-corrected chi connectivity index (χ2v) is 7.92. The normalized spacial score (nSPS) is 15.8. The second kappa shape index (κ2) is 9.73. The summed E-state index contributed by atoms with van der Waals surface area (Å²) in [6, 6.07) is 20.5. The van der Waals surface area contributed by atoms with Crippen molar-refractivity contribution >= 4 is 5.91 Å². The van der Waals surface area contributed by atoms with Gasteiger partial charge in [0.15, 0.2) is 0 Å². The molecule has 3 aromatic rings. The quantitative estimate of drug-likeness (QED) is 0.535. The minimum absolute atomic E-state index is 0.0102. The number of carbonyl (C=O) groups is 1. The molecule has 4 rings (SSSR count). The molecule has 1 saturated heterocycles. The summed E-state index contributed by atoms with van der Waals surface area (Å²) in [7, 11) is 1.64. The Morgan fingerprint density at radius 1 is 1.10 bits per heavy atom. The minimum atomic E-state index is -0.217. The summed E-state index contributed by atoms with van der Waals surface area (Å²) < 4.78 is 19.2. The highest BCUT2D eigenvalue weighted by atomic mass is 19.1. The zero-order chi connectivity index (χ0) is 21.6. The Morgan fingerprint density at radius 2 is 1.90 bits per heavy atom. The van der Waals surface area contributed by atoms with Crippen molar-refractivity contribution in [1.29, 1.82) is 0 Å². The van der Waals surface area contributed by atoms with Gasteiger partial charge >= 0.3 is 0 Å². The van der Waals surface area contributed by atoms with Gasteiger partial charge in [-0.3, -0.25) is 9.78 Å². The number of pyridine rings is 1. The highest BCUT2D eigenvalue weighted by Gasteiger charge is 2.30. The summed E-state index contributed by atoms with van der Waals surface area (Å²) in [5.74, 6) is 0.751. The number of likely N-dealkylation sites (tertiary alicyclic amines) is 1. The van der Waals surface area contributed by atoms with Gasteiger partial charge in [-0.15, -0.1) is 0 Å². The van der Waals surface area contributed by atoms with Crippen LogP contribution in [0.15, 0.2) is 66.7 Å². The van der Waals surface area contributed by atoms with E-state index in [-0.39, 0.29) is 17.8 Å². The Hall–Kier alpha value is -3.21. The van der Waals surface area contributed by atoms with Crippen molar-refractivity contribution in [1.82, 2.24) is 9.88 Å². The predicted octanol–water partition coefficient (Wildman–Crippen LogP) is 5.12. The van der Waals surface area contributed by atoms with Gasteiger partial charge in [0.2, 0.25) is 5.91 Å². The fourth-order valence-electron chi connectivity index (χ4n) is 4.18. The third-order valence-electron chi connectivity index (χ3n) is 5.86. The Balaban J connectivity index is 1.42. The van der Waals surface area contributed by atoms with Crippen LogP contribution in [0, 0.1) is 5.82 Å². The van der Waals surface area contributed by atoms with Gasteiger partial charge in [-0.25, -0.2) is 4.39 Å². The molecule has 0 radical (unpaired) electrons. The van der Waals surface area contributed by atoms with Crippen molar-refractivity contribution in [2.45, 2.75) is 38.1 Å². The van der Waals surface area contributed by atoms with Crippen LogP contribution in [0.3, 0.4) is 0 Å². The standard InChI is InChI=1S/C26H27FN2O2/c1-31-22-14-11-19(12-15-22)13-16-26(30)29-17-5-10-25(29)24-9-4-7-21(28-24)18-20-6-2-3-8-23(20)27/h2-4,6-9,11-12,14-15,25H,5,10,13,16-18H2,1H3/t25-/m1/s1. The van der Waals surface area contributed by atoms with E-state index in [9.17, 15) is 9.18 Å². The molecule has 0 spiro atoms. The molecule has 0 aliphatic carbocycles. The second-order valence-electron chi connectivity index (χ2n) is 7.92. The lowest BCUT2D eigenvalue weighted by molar-refractivity contribution is -0.132. The zero-order valence-corrected chi connectivity index (χ0v) is 17.8. The number of hydrogen-bond donors (Lipinski definition) is 0. The van der Waals surface area contributed by atoms with Gasteiger partial charge in [0, 0.05) is 25.1 Å². The molecule has 0 unspecified atom stereocenters. The van der Waals surface area contributed by atoms with E-state index in [1.54, 1.807) is 19.2 Å². The third kappa shape index (κ3) is 5.10. The molecule has 160 valence electrons. The molecule has 2 aromatic carbocycles. The van der Waals surface area contributed by atoms with Crippen molar-refractivity contribution in [2.24, 2.45) is 0 Å². The van der Waals surface area contributed by atoms with Crippen molar-refractivity contribution in [3.63, 3.8) is 0 Å². The number of amides is 1. The van der Waals surface area contributed by atoms with Gasteiger partial charge in [-0.1, -0.05) is 36.4 Å². The fraction of sp³-hybridized carbons (Fsp3) is 0.308. The topological polar surface area (TPSA) is 42.4 Å². The molecule has 0 bridgehead atoms. The SMILES string of the molecule is COc1ccc(CCC(=O)N2CCC[C@@H]2c2cccc(Cc3ccccc3F)n2)cc1. The van der Waals surface area contributed by atoms with Gasteiger partial charge in [-0.2, -0.15) is 0 Å². The smallest absolute Gasteiger partial charge is 0.223 e. The molecule has 1 aliphatic rings. The Morgan fingerprint density at radius 3 is 2.68 bits per heavy atom. The van der Waals surface area contributed by atoms with Crippen LogP contribution in [-0.2, 0) is 17.6 Å². The molecule has 1 aromatic heterocycles. The number of ether oxygens (including phenoxy) is 1. The molecule has 1 atom stereocenters. The zero-order valence-electron chi connectivity index (χ0n) is 17.8. The predicted molar refractivity (Wildman–Crippen MR) is 118 cm³/mol. The summed E-state index contributed by atoms with van der Waals surface area (Å²) in [5.41, 5.74) is 3.46. The lowest BCUT2D eigenvalue weighted by atomic mass is 10.1. The summed E-state index contributed by atoms with van der Waals surface area (Å²) in [5, 5.41) is 0. The van der Waals surface area contributed by atoms with Crippen LogP contribution >= 0.6 is 0 Å².